The van der Waals surface area contributed by atoms with Crippen molar-refractivity contribution in [3.63, 3.8) is 0 Å². The van der Waals surface area contributed by atoms with Crippen LogP contribution in [0.3, 0.4) is 0 Å². The minimum Gasteiger partial charge on any atom is -0.406 e. The summed E-state index contributed by atoms with van der Waals surface area (Å²) in [5.74, 6) is -0.0655. The summed E-state index contributed by atoms with van der Waals surface area (Å²) >= 11 is 5.33. The van der Waals surface area contributed by atoms with Crippen molar-refractivity contribution in [3.05, 3.63) is 96.0 Å². The molecule has 3 N–H and O–H groups in total. The molecule has 1 heterocycles. The van der Waals surface area contributed by atoms with E-state index in [4.69, 9.17) is 12.2 Å². The van der Waals surface area contributed by atoms with Crippen molar-refractivity contribution in [1.29, 1.82) is 0 Å². The number of benzene rings is 2. The second-order valence-corrected chi connectivity index (χ2v) is 10.4. The fraction of sp³-hybridized carbons (Fsp3) is 0.312. The molecule has 0 fully saturated rings. The van der Waals surface area contributed by atoms with E-state index in [1.807, 2.05) is 37.3 Å². The van der Waals surface area contributed by atoms with E-state index in [1.165, 1.54) is 17.1 Å². The van der Waals surface area contributed by atoms with Crippen LogP contribution in [-0.2, 0) is 17.6 Å². The summed E-state index contributed by atoms with van der Waals surface area (Å²) in [5, 5.41) is 13.3. The van der Waals surface area contributed by atoms with Crippen LogP contribution in [0.2, 0.25) is 0 Å². The first-order valence-corrected chi connectivity index (χ1v) is 14.6. The van der Waals surface area contributed by atoms with Crippen molar-refractivity contribution in [2.75, 3.05) is 11.9 Å². The zero-order valence-electron chi connectivity index (χ0n) is 25.0. The standard InChI is InChI=1S/C32H37F3N6O2S/c1-5-9-25-15-11-22(3)20-28(25)38-31(44)39-30(42)36-19-8-7-10-24-13-16-26(17-14-24)29-37-21-41(40-29)27(6-2)18-12-23(4)43-32(33,34)35/h6,11-18,20-21H,4-5,7-10,19H2,1-3H3,(H3,36,38,39,42,44)/b18-12-,27-6+. The van der Waals surface area contributed by atoms with Crippen LogP contribution >= 0.6 is 12.2 Å². The Morgan fingerprint density at radius 2 is 1.86 bits per heavy atom. The second-order valence-electron chi connectivity index (χ2n) is 9.97. The molecule has 2 aromatic carbocycles. The van der Waals surface area contributed by atoms with E-state index in [0.717, 1.165) is 66.1 Å². The van der Waals surface area contributed by atoms with E-state index in [-0.39, 0.29) is 11.1 Å². The van der Waals surface area contributed by atoms with Gasteiger partial charge in [0.15, 0.2) is 10.9 Å². The van der Waals surface area contributed by atoms with Crippen molar-refractivity contribution in [3.8, 4) is 11.4 Å². The van der Waals surface area contributed by atoms with E-state index in [0.29, 0.717) is 18.1 Å². The normalized spacial score (nSPS) is 11.8. The van der Waals surface area contributed by atoms with Gasteiger partial charge in [0.05, 0.1) is 5.70 Å². The molecule has 3 rings (SSSR count). The van der Waals surface area contributed by atoms with Gasteiger partial charge in [0.2, 0.25) is 0 Å². The molecule has 3 aromatic rings. The van der Waals surface area contributed by atoms with Crippen molar-refractivity contribution in [2.24, 2.45) is 0 Å². The second kappa shape index (κ2) is 16.4. The van der Waals surface area contributed by atoms with Crippen molar-refractivity contribution < 1.29 is 22.7 Å². The van der Waals surface area contributed by atoms with Gasteiger partial charge in [-0.3, -0.25) is 5.32 Å². The summed E-state index contributed by atoms with van der Waals surface area (Å²) in [7, 11) is 0. The highest BCUT2D eigenvalue weighted by Gasteiger charge is 2.30. The van der Waals surface area contributed by atoms with Gasteiger partial charge in [-0.25, -0.2) is 14.5 Å². The van der Waals surface area contributed by atoms with Crippen LogP contribution in [0.1, 0.15) is 49.8 Å². The van der Waals surface area contributed by atoms with Gasteiger partial charge < -0.3 is 15.4 Å². The number of allylic oxidation sites excluding steroid dienone is 4. The number of nitrogens with one attached hydrogen (secondary N) is 3. The van der Waals surface area contributed by atoms with Gasteiger partial charge in [-0.1, -0.05) is 62.4 Å². The fourth-order valence-corrected chi connectivity index (χ4v) is 4.46. The number of aryl methyl sites for hydroxylation is 3. The molecule has 8 nitrogen and oxygen atoms in total. The van der Waals surface area contributed by atoms with Gasteiger partial charge in [-0.2, -0.15) is 0 Å². The predicted octanol–water partition coefficient (Wildman–Crippen LogP) is 7.69. The number of amides is 2. The Balaban J connectivity index is 1.41. The van der Waals surface area contributed by atoms with E-state index in [9.17, 15) is 18.0 Å². The molecule has 1 aromatic heterocycles. The minimum absolute atomic E-state index is 0.254. The van der Waals surface area contributed by atoms with Gasteiger partial charge in [-0.05, 0) is 86.7 Å². The Kier molecular flexibility index (Phi) is 12.7. The Morgan fingerprint density at radius 1 is 1.11 bits per heavy atom. The average molecular weight is 627 g/mol. The third-order valence-electron chi connectivity index (χ3n) is 6.39. The molecular formula is C32H37F3N6O2S. The molecule has 0 unspecified atom stereocenters. The van der Waals surface area contributed by atoms with Gasteiger partial charge in [0, 0.05) is 17.8 Å². The zero-order valence-corrected chi connectivity index (χ0v) is 25.8. The molecule has 0 aliphatic carbocycles. The Bertz CT molecular complexity index is 1500. The summed E-state index contributed by atoms with van der Waals surface area (Å²) in [6.45, 7) is 9.61. The summed E-state index contributed by atoms with van der Waals surface area (Å²) in [4.78, 5) is 16.6. The van der Waals surface area contributed by atoms with E-state index < -0.39 is 12.1 Å². The summed E-state index contributed by atoms with van der Waals surface area (Å²) < 4.78 is 42.2. The predicted molar refractivity (Wildman–Crippen MR) is 172 cm³/mol. The lowest BCUT2D eigenvalue weighted by molar-refractivity contribution is -0.303. The first-order chi connectivity index (χ1) is 21.0. The Labute approximate surface area is 261 Å². The Hall–Kier alpha value is -4.45. The van der Waals surface area contributed by atoms with Gasteiger partial charge >= 0.3 is 12.4 Å². The average Bonchev–Trinajstić information content (AvgIpc) is 3.44. The van der Waals surface area contributed by atoms with Crippen LogP contribution in [-0.4, -0.2) is 38.8 Å². The van der Waals surface area contributed by atoms with Gasteiger partial charge in [-0.15, -0.1) is 18.3 Å². The number of rotatable bonds is 13. The number of carbonyl (C=O) groups excluding carboxylic acids is 1. The number of halogens is 3. The molecule has 0 bridgehead atoms. The first-order valence-electron chi connectivity index (χ1n) is 14.2. The lowest BCUT2D eigenvalue weighted by Gasteiger charge is -2.14. The third kappa shape index (κ3) is 11.3. The fourth-order valence-electron chi connectivity index (χ4n) is 4.26. The maximum Gasteiger partial charge on any atom is 0.573 e. The van der Waals surface area contributed by atoms with Crippen LogP contribution < -0.4 is 16.0 Å². The molecular weight excluding hydrogens is 589 g/mol. The van der Waals surface area contributed by atoms with Gasteiger partial charge in [0.25, 0.3) is 0 Å². The highest BCUT2D eigenvalue weighted by atomic mass is 32.1. The number of ether oxygens (including phenoxy) is 1. The SMILES string of the molecule is C=C(/C=C\C(=C/C)n1cnc(-c2ccc(CCCCNC(=O)NC(=S)Nc3cc(C)ccc3CCC)cc2)n1)OC(F)(F)F. The lowest BCUT2D eigenvalue weighted by atomic mass is 10.1. The van der Waals surface area contributed by atoms with E-state index >= 15 is 0 Å². The third-order valence-corrected chi connectivity index (χ3v) is 6.59. The molecule has 0 aliphatic rings. The van der Waals surface area contributed by atoms with Crippen LogP contribution in [0.4, 0.5) is 23.7 Å². The summed E-state index contributed by atoms with van der Waals surface area (Å²) in [6.07, 6.45) is 5.31. The van der Waals surface area contributed by atoms with Crippen molar-refractivity contribution in [1.82, 2.24) is 25.4 Å². The molecule has 0 saturated carbocycles. The maximum atomic E-state index is 12.3. The number of hydrogen-bond acceptors (Lipinski definition) is 5. The van der Waals surface area contributed by atoms with Crippen LogP contribution in [0.15, 0.2) is 79.4 Å². The van der Waals surface area contributed by atoms with E-state index in [1.54, 1.807) is 13.0 Å². The number of anilines is 1. The van der Waals surface area contributed by atoms with Crippen LogP contribution in [0.5, 0.6) is 0 Å². The number of thiocarbonyl (C=S) groups is 1. The molecule has 2 amide bonds. The summed E-state index contributed by atoms with van der Waals surface area (Å²) in [5.41, 5.74) is 5.60. The molecule has 0 spiro atoms. The summed E-state index contributed by atoms with van der Waals surface area (Å²) in [6, 6.07) is 13.6. The lowest BCUT2D eigenvalue weighted by Crippen LogP contribution is -2.42. The smallest absolute Gasteiger partial charge is 0.406 e. The molecule has 0 atom stereocenters. The first kappa shape index (κ1) is 34.0. The zero-order chi connectivity index (χ0) is 32.1. The minimum atomic E-state index is -4.80. The van der Waals surface area contributed by atoms with E-state index in [2.05, 4.69) is 56.4 Å². The largest absolute Gasteiger partial charge is 0.573 e. The molecule has 44 heavy (non-hydrogen) atoms. The monoisotopic (exact) mass is 626 g/mol. The maximum absolute atomic E-state index is 12.3. The highest BCUT2D eigenvalue weighted by Crippen LogP contribution is 2.22. The molecule has 0 radical (unpaired) electrons. The number of urea groups is 1. The quantitative estimate of drug-likeness (QED) is 0.0780. The topological polar surface area (TPSA) is 93.1 Å². The number of alkyl halides is 3. The number of aromatic nitrogens is 3. The Morgan fingerprint density at radius 3 is 2.55 bits per heavy atom. The molecule has 0 saturated heterocycles. The number of carbonyl (C=O) groups is 1. The molecule has 0 aliphatic heterocycles. The highest BCUT2D eigenvalue weighted by molar-refractivity contribution is 7.80. The molecule has 234 valence electrons. The van der Waals surface area contributed by atoms with Crippen LogP contribution in [0, 0.1) is 6.92 Å². The number of hydrogen-bond donors (Lipinski definition) is 3. The number of nitrogens with zero attached hydrogens (tertiary/aromatic N) is 3. The van der Waals surface area contributed by atoms with Crippen molar-refractivity contribution >= 4 is 34.7 Å². The molecule has 12 heteroatoms. The van der Waals surface area contributed by atoms with Crippen molar-refractivity contribution in [2.45, 2.75) is 59.2 Å². The number of unbranched alkanes of at least 4 members (excludes halogenated alkanes) is 1. The van der Waals surface area contributed by atoms with Gasteiger partial charge in [0.1, 0.15) is 12.1 Å². The van der Waals surface area contributed by atoms with Crippen LogP contribution in [0.25, 0.3) is 17.1 Å².